The monoisotopic (exact) mass is 318 g/mol. The highest BCUT2D eigenvalue weighted by atomic mass is 35.5. The van der Waals surface area contributed by atoms with Gasteiger partial charge in [-0.25, -0.2) is 0 Å². The van der Waals surface area contributed by atoms with Crippen molar-refractivity contribution in [3.05, 3.63) is 41.4 Å². The third-order valence-corrected chi connectivity index (χ3v) is 3.93. The van der Waals surface area contributed by atoms with Crippen molar-refractivity contribution in [1.29, 1.82) is 0 Å². The predicted octanol–water partition coefficient (Wildman–Crippen LogP) is 2.54. The van der Waals surface area contributed by atoms with E-state index in [1.807, 2.05) is 36.4 Å². The molecule has 2 heterocycles. The summed E-state index contributed by atoms with van der Waals surface area (Å²) >= 11 is 6.30. The molecule has 0 amide bonds. The molecule has 1 N–H and O–H groups in total. The molecule has 0 saturated carbocycles. The minimum absolute atomic E-state index is 0.593. The molecule has 0 radical (unpaired) electrons. The van der Waals surface area contributed by atoms with Crippen LogP contribution in [0.4, 0.5) is 5.82 Å². The van der Waals surface area contributed by atoms with Crippen LogP contribution in [0.3, 0.4) is 0 Å². The van der Waals surface area contributed by atoms with Crippen molar-refractivity contribution in [2.75, 3.05) is 44.7 Å². The zero-order chi connectivity index (χ0) is 15.2. The molecule has 3 rings (SSSR count). The fourth-order valence-corrected chi connectivity index (χ4v) is 2.60. The summed E-state index contributed by atoms with van der Waals surface area (Å²) in [5.74, 6) is 0.634. The van der Waals surface area contributed by atoms with Gasteiger partial charge in [0.15, 0.2) is 5.82 Å². The van der Waals surface area contributed by atoms with E-state index in [1.165, 1.54) is 0 Å². The quantitative estimate of drug-likeness (QED) is 0.918. The second-order valence-corrected chi connectivity index (χ2v) is 5.58. The molecule has 0 atom stereocenters. The molecule has 1 saturated heterocycles. The topological polar surface area (TPSA) is 50.3 Å². The Morgan fingerprint density at radius 3 is 2.64 bits per heavy atom. The van der Waals surface area contributed by atoms with E-state index >= 15 is 0 Å². The minimum atomic E-state index is 0.593. The Balaban J connectivity index is 1.58. The Labute approximate surface area is 135 Å². The van der Waals surface area contributed by atoms with Crippen LogP contribution in [0.15, 0.2) is 36.4 Å². The van der Waals surface area contributed by atoms with Gasteiger partial charge in [-0.15, -0.1) is 10.2 Å². The first-order valence-corrected chi connectivity index (χ1v) is 7.83. The Hall–Kier alpha value is -1.69. The van der Waals surface area contributed by atoms with Gasteiger partial charge in [-0.3, -0.25) is 4.90 Å². The van der Waals surface area contributed by atoms with Gasteiger partial charge in [0.1, 0.15) is 0 Å². The lowest BCUT2D eigenvalue weighted by atomic mass is 10.1. The molecule has 6 heteroatoms. The van der Waals surface area contributed by atoms with Gasteiger partial charge >= 0.3 is 0 Å². The Morgan fingerprint density at radius 1 is 1.14 bits per heavy atom. The lowest BCUT2D eigenvalue weighted by Crippen LogP contribution is -2.39. The maximum atomic E-state index is 6.30. The number of benzene rings is 1. The van der Waals surface area contributed by atoms with Crippen LogP contribution in [-0.4, -0.2) is 54.5 Å². The number of morpholine rings is 1. The van der Waals surface area contributed by atoms with Gasteiger partial charge in [-0.05, 0) is 6.07 Å². The number of rotatable bonds is 5. The Kier molecular flexibility index (Phi) is 5.21. The molecule has 1 aliphatic rings. The number of halogens is 1. The SMILES string of the molecule is Clc1cc(-c2ccccc2)nnc1NCCN1CCOCC1. The fraction of sp³-hybridized carbons (Fsp3) is 0.375. The third-order valence-electron chi connectivity index (χ3n) is 3.64. The summed E-state index contributed by atoms with van der Waals surface area (Å²) in [6, 6.07) is 11.7. The van der Waals surface area contributed by atoms with Crippen molar-refractivity contribution in [2.45, 2.75) is 0 Å². The van der Waals surface area contributed by atoms with Gasteiger partial charge in [0.05, 0.1) is 23.9 Å². The third kappa shape index (κ3) is 3.94. The van der Waals surface area contributed by atoms with E-state index in [0.717, 1.165) is 50.7 Å². The van der Waals surface area contributed by atoms with Crippen LogP contribution in [0.1, 0.15) is 0 Å². The van der Waals surface area contributed by atoms with Gasteiger partial charge in [0, 0.05) is 31.7 Å². The maximum absolute atomic E-state index is 6.30. The zero-order valence-electron chi connectivity index (χ0n) is 12.3. The van der Waals surface area contributed by atoms with E-state index in [4.69, 9.17) is 16.3 Å². The Morgan fingerprint density at radius 2 is 1.91 bits per heavy atom. The van der Waals surface area contributed by atoms with Crippen molar-refractivity contribution in [3.8, 4) is 11.3 Å². The highest BCUT2D eigenvalue weighted by molar-refractivity contribution is 6.33. The molecule has 2 aromatic rings. The van der Waals surface area contributed by atoms with E-state index in [1.54, 1.807) is 0 Å². The van der Waals surface area contributed by atoms with Crippen LogP contribution in [0.25, 0.3) is 11.3 Å². The van der Waals surface area contributed by atoms with Crippen LogP contribution in [-0.2, 0) is 4.74 Å². The van der Waals surface area contributed by atoms with E-state index in [0.29, 0.717) is 10.8 Å². The van der Waals surface area contributed by atoms with Crippen molar-refractivity contribution < 1.29 is 4.74 Å². The summed E-state index contributed by atoms with van der Waals surface area (Å²) in [5, 5.41) is 12.3. The molecule has 1 fully saturated rings. The van der Waals surface area contributed by atoms with Gasteiger partial charge in [0.2, 0.25) is 0 Å². The van der Waals surface area contributed by atoms with Crippen molar-refractivity contribution in [2.24, 2.45) is 0 Å². The molecule has 1 aromatic carbocycles. The van der Waals surface area contributed by atoms with Gasteiger partial charge < -0.3 is 10.1 Å². The standard InChI is InChI=1S/C16H19ClN4O/c17-14-12-15(13-4-2-1-3-5-13)19-20-16(14)18-6-7-21-8-10-22-11-9-21/h1-5,12H,6-11H2,(H,18,20). The van der Waals surface area contributed by atoms with Crippen molar-refractivity contribution >= 4 is 17.4 Å². The summed E-state index contributed by atoms with van der Waals surface area (Å²) in [6.45, 7) is 5.32. The molecule has 5 nitrogen and oxygen atoms in total. The normalized spacial score (nSPS) is 15.7. The largest absolute Gasteiger partial charge is 0.379 e. The summed E-state index contributed by atoms with van der Waals surface area (Å²) < 4.78 is 5.33. The van der Waals surface area contributed by atoms with Crippen LogP contribution >= 0.6 is 11.6 Å². The molecular weight excluding hydrogens is 300 g/mol. The fourth-order valence-electron chi connectivity index (χ4n) is 2.40. The molecule has 1 aromatic heterocycles. The van der Waals surface area contributed by atoms with E-state index < -0.39 is 0 Å². The van der Waals surface area contributed by atoms with Crippen LogP contribution < -0.4 is 5.32 Å². The second-order valence-electron chi connectivity index (χ2n) is 5.17. The molecule has 1 aliphatic heterocycles. The van der Waals surface area contributed by atoms with Gasteiger partial charge in [-0.1, -0.05) is 41.9 Å². The molecule has 22 heavy (non-hydrogen) atoms. The summed E-state index contributed by atoms with van der Waals surface area (Å²) in [5.41, 5.74) is 1.79. The molecule has 0 bridgehead atoms. The zero-order valence-corrected chi connectivity index (χ0v) is 13.1. The average Bonchev–Trinajstić information content (AvgIpc) is 2.58. The first kappa shape index (κ1) is 15.2. The van der Waals surface area contributed by atoms with E-state index in [9.17, 15) is 0 Å². The molecule has 0 aliphatic carbocycles. The molecule has 0 unspecified atom stereocenters. The smallest absolute Gasteiger partial charge is 0.167 e. The lowest BCUT2D eigenvalue weighted by molar-refractivity contribution is 0.0398. The van der Waals surface area contributed by atoms with E-state index in [-0.39, 0.29) is 0 Å². The summed E-state index contributed by atoms with van der Waals surface area (Å²) in [7, 11) is 0. The summed E-state index contributed by atoms with van der Waals surface area (Å²) in [6.07, 6.45) is 0. The van der Waals surface area contributed by atoms with Crippen molar-refractivity contribution in [1.82, 2.24) is 15.1 Å². The molecular formula is C16H19ClN4O. The van der Waals surface area contributed by atoms with Crippen LogP contribution in [0.5, 0.6) is 0 Å². The number of hydrogen-bond acceptors (Lipinski definition) is 5. The van der Waals surface area contributed by atoms with Gasteiger partial charge in [0.25, 0.3) is 0 Å². The average molecular weight is 319 g/mol. The number of ether oxygens (including phenoxy) is 1. The highest BCUT2D eigenvalue weighted by Gasteiger charge is 2.11. The predicted molar refractivity (Wildman–Crippen MR) is 88.2 cm³/mol. The number of hydrogen-bond donors (Lipinski definition) is 1. The number of aromatic nitrogens is 2. The second kappa shape index (κ2) is 7.54. The number of nitrogens with zero attached hydrogens (tertiary/aromatic N) is 3. The van der Waals surface area contributed by atoms with E-state index in [2.05, 4.69) is 20.4 Å². The van der Waals surface area contributed by atoms with Crippen molar-refractivity contribution in [3.63, 3.8) is 0 Å². The Bertz CT molecular complexity index is 602. The molecule has 0 spiro atoms. The maximum Gasteiger partial charge on any atom is 0.167 e. The highest BCUT2D eigenvalue weighted by Crippen LogP contribution is 2.24. The first-order chi connectivity index (χ1) is 10.8. The number of nitrogens with one attached hydrogen (secondary N) is 1. The number of anilines is 1. The first-order valence-electron chi connectivity index (χ1n) is 7.45. The van der Waals surface area contributed by atoms with Crippen LogP contribution in [0, 0.1) is 0 Å². The lowest BCUT2D eigenvalue weighted by Gasteiger charge is -2.26. The minimum Gasteiger partial charge on any atom is -0.379 e. The molecule has 116 valence electrons. The van der Waals surface area contributed by atoms with Gasteiger partial charge in [-0.2, -0.15) is 0 Å². The summed E-state index contributed by atoms with van der Waals surface area (Å²) in [4.78, 5) is 2.36. The van der Waals surface area contributed by atoms with Crippen LogP contribution in [0.2, 0.25) is 5.02 Å².